The molecule has 200 valence electrons. The van der Waals surface area contributed by atoms with E-state index in [1.165, 1.54) is 17.7 Å². The molecule has 0 fully saturated rings. The van der Waals surface area contributed by atoms with Gasteiger partial charge in [-0.05, 0) is 71.7 Å². The number of hydrogen-bond acceptors (Lipinski definition) is 5. The molecular weight excluding hydrogens is 543 g/mol. The maximum absolute atomic E-state index is 12.5. The summed E-state index contributed by atoms with van der Waals surface area (Å²) in [6, 6.07) is 19.8. The van der Waals surface area contributed by atoms with E-state index in [-0.39, 0.29) is 5.75 Å². The third-order valence-corrected chi connectivity index (χ3v) is 7.28. The van der Waals surface area contributed by atoms with Crippen LogP contribution in [-0.2, 0) is 5.88 Å². The lowest BCUT2D eigenvalue weighted by molar-refractivity contribution is -0.274. The Morgan fingerprint density at radius 1 is 1.13 bits per heavy atom. The summed E-state index contributed by atoms with van der Waals surface area (Å²) in [4.78, 5) is 5.66. The van der Waals surface area contributed by atoms with Crippen molar-refractivity contribution < 1.29 is 17.9 Å². The van der Waals surface area contributed by atoms with Gasteiger partial charge in [-0.25, -0.2) is 4.98 Å². The molecule has 3 aromatic carbocycles. The summed E-state index contributed by atoms with van der Waals surface area (Å²) in [5.74, 6) is 1.51. The molecule has 39 heavy (non-hydrogen) atoms. The van der Waals surface area contributed by atoms with Crippen LogP contribution in [0, 0.1) is 0 Å². The highest BCUT2D eigenvalue weighted by Crippen LogP contribution is 2.40. The van der Waals surface area contributed by atoms with Gasteiger partial charge in [0.15, 0.2) is 5.11 Å². The lowest BCUT2D eigenvalue weighted by atomic mass is 10.0. The zero-order valence-corrected chi connectivity index (χ0v) is 22.6. The number of imidazole rings is 1. The number of benzene rings is 3. The number of nitrogens with zero attached hydrogens (tertiary/aromatic N) is 3. The maximum Gasteiger partial charge on any atom is 0.573 e. The smallest absolute Gasteiger partial charge is 0.406 e. The Balaban J connectivity index is 1.26. The number of nitrogens with one attached hydrogen (secondary N) is 2. The number of para-hydroxylation sites is 1. The van der Waals surface area contributed by atoms with E-state index >= 15 is 0 Å². The molecule has 6 nitrogen and oxygen atoms in total. The van der Waals surface area contributed by atoms with Crippen molar-refractivity contribution >= 4 is 41.0 Å². The van der Waals surface area contributed by atoms with Crippen LogP contribution < -0.4 is 15.5 Å². The van der Waals surface area contributed by atoms with Crippen molar-refractivity contribution in [1.82, 2.24) is 15.0 Å². The molecular formula is C28H24F3N5OS2. The number of alkyl halides is 3. The van der Waals surface area contributed by atoms with Crippen LogP contribution in [0.4, 0.5) is 18.9 Å². The zero-order chi connectivity index (χ0) is 27.6. The topological polar surface area (TPSA) is 63.5 Å². The molecule has 0 saturated carbocycles. The largest absolute Gasteiger partial charge is 0.573 e. The quantitative estimate of drug-likeness (QED) is 0.142. The van der Waals surface area contributed by atoms with Crippen LogP contribution in [0.2, 0.25) is 0 Å². The maximum atomic E-state index is 12.5. The van der Waals surface area contributed by atoms with Gasteiger partial charge in [0, 0.05) is 21.7 Å². The van der Waals surface area contributed by atoms with E-state index in [2.05, 4.69) is 45.5 Å². The Bertz CT molecular complexity index is 1530. The summed E-state index contributed by atoms with van der Waals surface area (Å²) < 4.78 is 43.4. The van der Waals surface area contributed by atoms with Crippen molar-refractivity contribution in [2.45, 2.75) is 36.9 Å². The van der Waals surface area contributed by atoms with Gasteiger partial charge in [0.1, 0.15) is 11.6 Å². The summed E-state index contributed by atoms with van der Waals surface area (Å²) in [6.07, 6.45) is -1.28. The Morgan fingerprint density at radius 2 is 1.90 bits per heavy atom. The van der Waals surface area contributed by atoms with Crippen LogP contribution in [-0.4, -0.2) is 27.2 Å². The highest BCUT2D eigenvalue weighted by molar-refractivity contribution is 7.98. The van der Waals surface area contributed by atoms with Gasteiger partial charge in [-0.15, -0.1) is 24.9 Å². The lowest BCUT2D eigenvalue weighted by Crippen LogP contribution is -2.24. The second kappa shape index (κ2) is 11.1. The molecule has 0 amide bonds. The van der Waals surface area contributed by atoms with Gasteiger partial charge in [-0.1, -0.05) is 38.1 Å². The summed E-state index contributed by atoms with van der Waals surface area (Å²) >= 11 is 7.05. The van der Waals surface area contributed by atoms with Gasteiger partial charge in [-0.3, -0.25) is 5.43 Å². The predicted octanol–water partition coefficient (Wildman–Crippen LogP) is 7.62. The van der Waals surface area contributed by atoms with Gasteiger partial charge in [0.25, 0.3) is 0 Å². The van der Waals surface area contributed by atoms with Crippen LogP contribution >= 0.6 is 24.0 Å². The van der Waals surface area contributed by atoms with Crippen LogP contribution in [0.3, 0.4) is 0 Å². The molecule has 2 N–H and O–H groups in total. The fourth-order valence-corrected chi connectivity index (χ4v) is 5.49. The lowest BCUT2D eigenvalue weighted by Gasteiger charge is -2.20. The molecule has 1 aliphatic heterocycles. The third kappa shape index (κ3) is 6.26. The van der Waals surface area contributed by atoms with Crippen molar-refractivity contribution in [3.63, 3.8) is 0 Å². The van der Waals surface area contributed by atoms with E-state index in [9.17, 15) is 13.2 Å². The van der Waals surface area contributed by atoms with Gasteiger partial charge in [-0.2, -0.15) is 5.10 Å². The van der Waals surface area contributed by atoms with Crippen molar-refractivity contribution in [2.75, 3.05) is 5.32 Å². The zero-order valence-electron chi connectivity index (χ0n) is 21.0. The van der Waals surface area contributed by atoms with Crippen molar-refractivity contribution in [1.29, 1.82) is 0 Å². The minimum Gasteiger partial charge on any atom is -0.406 e. The number of rotatable bonds is 6. The van der Waals surface area contributed by atoms with E-state index in [0.717, 1.165) is 38.8 Å². The average molecular weight is 568 g/mol. The molecule has 11 heteroatoms. The summed E-state index contributed by atoms with van der Waals surface area (Å²) in [5.41, 5.74) is 8.44. The molecule has 0 aliphatic carbocycles. The van der Waals surface area contributed by atoms with Gasteiger partial charge in [0.05, 0.1) is 24.0 Å². The summed E-state index contributed by atoms with van der Waals surface area (Å²) in [6.45, 7) is 4.26. The van der Waals surface area contributed by atoms with E-state index in [0.29, 0.717) is 16.9 Å². The molecule has 2 heterocycles. The standard InChI is InChI=1S/C28H24F3N5OS2/c1-17(2)21-5-3-4-6-23(21)34-27(38)35-33-14-18-7-12-22-25(13-18)39-16-36-24(15-32-26(22)36)19-8-10-20(11-9-19)37-28(29,30)31/h3-15,17H,16H2,1-2H3,(H2,34,35,38)/b33-14+. The van der Waals surface area contributed by atoms with Crippen molar-refractivity contribution in [3.05, 3.63) is 84.1 Å². The molecule has 4 aromatic rings. The number of halogens is 3. The number of anilines is 1. The SMILES string of the molecule is CC(C)c1ccccc1NC(=S)N/N=C/c1ccc2c(c1)SCn1c(-c3ccc(OC(F)(F)F)cc3)cnc1-2. The normalized spacial score (nSPS) is 12.8. The van der Waals surface area contributed by atoms with E-state index < -0.39 is 6.36 Å². The second-order valence-electron chi connectivity index (χ2n) is 9.06. The molecule has 0 spiro atoms. The van der Waals surface area contributed by atoms with Crippen LogP contribution in [0.25, 0.3) is 22.6 Å². The number of thiocarbonyl (C=S) groups is 1. The average Bonchev–Trinajstić information content (AvgIpc) is 3.33. The molecule has 0 atom stereocenters. The number of fused-ring (bicyclic) bond motifs is 3. The van der Waals surface area contributed by atoms with Gasteiger partial charge >= 0.3 is 6.36 Å². The second-order valence-corrected chi connectivity index (χ2v) is 10.5. The van der Waals surface area contributed by atoms with E-state index in [1.807, 2.05) is 41.0 Å². The molecule has 0 bridgehead atoms. The molecule has 1 aromatic heterocycles. The molecule has 1 aliphatic rings. The first-order valence-corrected chi connectivity index (χ1v) is 13.5. The fraction of sp³-hybridized carbons (Fsp3) is 0.179. The minimum atomic E-state index is -4.72. The molecule has 0 saturated heterocycles. The Labute approximate surface area is 233 Å². The first-order chi connectivity index (χ1) is 18.7. The molecule has 5 rings (SSSR count). The monoisotopic (exact) mass is 567 g/mol. The van der Waals surface area contributed by atoms with E-state index in [1.54, 1.807) is 36.3 Å². The summed E-state index contributed by atoms with van der Waals surface area (Å²) in [7, 11) is 0. The van der Waals surface area contributed by atoms with Crippen LogP contribution in [0.15, 0.2) is 82.9 Å². The molecule has 0 radical (unpaired) electrons. The number of aromatic nitrogens is 2. The number of hydrazone groups is 1. The van der Waals surface area contributed by atoms with E-state index in [4.69, 9.17) is 12.2 Å². The summed E-state index contributed by atoms with van der Waals surface area (Å²) in [5, 5.41) is 7.89. The fourth-order valence-electron chi connectivity index (χ4n) is 4.27. The highest BCUT2D eigenvalue weighted by Gasteiger charge is 2.31. The predicted molar refractivity (Wildman–Crippen MR) is 153 cm³/mol. The van der Waals surface area contributed by atoms with Crippen molar-refractivity contribution in [2.24, 2.45) is 5.10 Å². The first-order valence-electron chi connectivity index (χ1n) is 12.1. The number of hydrogen-bond donors (Lipinski definition) is 2. The Kier molecular flexibility index (Phi) is 7.62. The Hall–Kier alpha value is -3.83. The molecule has 0 unspecified atom stereocenters. The van der Waals surface area contributed by atoms with Gasteiger partial charge in [0.2, 0.25) is 0 Å². The highest BCUT2D eigenvalue weighted by atomic mass is 32.2. The van der Waals surface area contributed by atoms with Gasteiger partial charge < -0.3 is 14.6 Å². The first kappa shape index (κ1) is 26.8. The van der Waals surface area contributed by atoms with Crippen molar-refractivity contribution in [3.8, 4) is 28.4 Å². The number of ether oxygens (including phenoxy) is 1. The minimum absolute atomic E-state index is 0.259. The number of thioether (sulfide) groups is 1. The van der Waals surface area contributed by atoms with Crippen LogP contribution in [0.5, 0.6) is 5.75 Å². The third-order valence-electron chi connectivity index (χ3n) is 6.05. The Morgan fingerprint density at radius 3 is 2.64 bits per heavy atom. The van der Waals surface area contributed by atoms with Crippen LogP contribution in [0.1, 0.15) is 30.9 Å².